The van der Waals surface area contributed by atoms with Crippen molar-refractivity contribution < 1.29 is 4.74 Å². The Balaban J connectivity index is 1.54. The standard InChI is InChI=1S/C17H23NO/c1-17(2)15(13-9-10-19-16(13)17)18-14-8-7-11-5-3-4-6-12(11)14/h3-6,13-16,18H,7-10H2,1-2H3. The number of nitrogens with one attached hydrogen (secondary N) is 1. The highest BCUT2D eigenvalue weighted by molar-refractivity contribution is 5.34. The molecule has 0 aromatic heterocycles. The van der Waals surface area contributed by atoms with Crippen LogP contribution in [0.2, 0.25) is 0 Å². The summed E-state index contributed by atoms with van der Waals surface area (Å²) in [6, 6.07) is 10.1. The third kappa shape index (κ3) is 1.63. The van der Waals surface area contributed by atoms with Gasteiger partial charge in [-0.25, -0.2) is 0 Å². The van der Waals surface area contributed by atoms with Gasteiger partial charge in [-0.05, 0) is 30.4 Å². The summed E-state index contributed by atoms with van der Waals surface area (Å²) in [6.07, 6.45) is 4.21. The maximum Gasteiger partial charge on any atom is 0.0685 e. The van der Waals surface area contributed by atoms with E-state index in [-0.39, 0.29) is 0 Å². The zero-order valence-corrected chi connectivity index (χ0v) is 11.9. The van der Waals surface area contributed by atoms with Gasteiger partial charge in [0.15, 0.2) is 0 Å². The first-order chi connectivity index (χ1) is 9.18. The number of ether oxygens (including phenoxy) is 1. The molecule has 2 heteroatoms. The molecule has 1 aromatic rings. The van der Waals surface area contributed by atoms with Gasteiger partial charge in [0.25, 0.3) is 0 Å². The Kier molecular flexibility index (Phi) is 2.55. The minimum atomic E-state index is 0.290. The number of aryl methyl sites for hydroxylation is 1. The van der Waals surface area contributed by atoms with E-state index in [0.29, 0.717) is 23.6 Å². The molecule has 19 heavy (non-hydrogen) atoms. The Morgan fingerprint density at radius 1 is 1.21 bits per heavy atom. The fourth-order valence-corrected chi connectivity index (χ4v) is 4.61. The minimum absolute atomic E-state index is 0.290. The van der Waals surface area contributed by atoms with Gasteiger partial charge in [-0.2, -0.15) is 0 Å². The van der Waals surface area contributed by atoms with Gasteiger partial charge in [0, 0.05) is 30.0 Å². The summed E-state index contributed by atoms with van der Waals surface area (Å²) in [4.78, 5) is 0. The summed E-state index contributed by atoms with van der Waals surface area (Å²) >= 11 is 0. The summed E-state index contributed by atoms with van der Waals surface area (Å²) in [7, 11) is 0. The molecule has 1 saturated carbocycles. The van der Waals surface area contributed by atoms with Crippen LogP contribution in [0.15, 0.2) is 24.3 Å². The molecule has 2 aliphatic carbocycles. The molecule has 0 spiro atoms. The molecule has 2 nitrogen and oxygen atoms in total. The maximum absolute atomic E-state index is 5.89. The summed E-state index contributed by atoms with van der Waals surface area (Å²) in [5.41, 5.74) is 3.36. The van der Waals surface area contributed by atoms with Crippen LogP contribution in [0.5, 0.6) is 0 Å². The van der Waals surface area contributed by atoms with E-state index in [1.54, 1.807) is 0 Å². The van der Waals surface area contributed by atoms with Crippen molar-refractivity contribution in [3.8, 4) is 0 Å². The van der Waals surface area contributed by atoms with Crippen molar-refractivity contribution in [1.29, 1.82) is 0 Å². The van der Waals surface area contributed by atoms with Crippen LogP contribution >= 0.6 is 0 Å². The third-order valence-electron chi connectivity index (χ3n) is 5.61. The Morgan fingerprint density at radius 2 is 2.05 bits per heavy atom. The molecule has 0 radical (unpaired) electrons. The van der Waals surface area contributed by atoms with E-state index >= 15 is 0 Å². The average Bonchev–Trinajstić information content (AvgIpc) is 3.01. The van der Waals surface area contributed by atoms with Gasteiger partial charge in [-0.15, -0.1) is 0 Å². The zero-order valence-electron chi connectivity index (χ0n) is 11.9. The molecule has 1 N–H and O–H groups in total. The first-order valence-corrected chi connectivity index (χ1v) is 7.63. The molecule has 1 aromatic carbocycles. The second kappa shape index (κ2) is 4.07. The summed E-state index contributed by atoms with van der Waals surface area (Å²) in [5.74, 6) is 0.739. The van der Waals surface area contributed by atoms with Gasteiger partial charge in [0.1, 0.15) is 0 Å². The molecule has 1 heterocycles. The van der Waals surface area contributed by atoms with Crippen LogP contribution in [-0.4, -0.2) is 18.8 Å². The van der Waals surface area contributed by atoms with Crippen molar-refractivity contribution in [3.63, 3.8) is 0 Å². The van der Waals surface area contributed by atoms with E-state index in [0.717, 1.165) is 12.5 Å². The number of hydrogen-bond donors (Lipinski definition) is 1. The second-order valence-corrected chi connectivity index (χ2v) is 7.00. The largest absolute Gasteiger partial charge is 0.377 e. The van der Waals surface area contributed by atoms with Gasteiger partial charge >= 0.3 is 0 Å². The molecule has 0 bridgehead atoms. The number of rotatable bonds is 2. The molecule has 1 aliphatic heterocycles. The fraction of sp³-hybridized carbons (Fsp3) is 0.647. The second-order valence-electron chi connectivity index (χ2n) is 7.00. The van der Waals surface area contributed by atoms with E-state index in [2.05, 4.69) is 43.4 Å². The predicted octanol–water partition coefficient (Wildman–Crippen LogP) is 3.08. The van der Waals surface area contributed by atoms with Crippen molar-refractivity contribution in [3.05, 3.63) is 35.4 Å². The first kappa shape index (κ1) is 11.9. The quantitative estimate of drug-likeness (QED) is 0.879. The van der Waals surface area contributed by atoms with Crippen LogP contribution in [0.4, 0.5) is 0 Å². The highest BCUT2D eigenvalue weighted by atomic mass is 16.5. The zero-order chi connectivity index (χ0) is 13.0. The lowest BCUT2D eigenvalue weighted by Gasteiger charge is -2.55. The molecule has 4 unspecified atom stereocenters. The summed E-state index contributed by atoms with van der Waals surface area (Å²) in [6.45, 7) is 5.67. The maximum atomic E-state index is 5.89. The fourth-order valence-electron chi connectivity index (χ4n) is 4.61. The van der Waals surface area contributed by atoms with Crippen LogP contribution in [0.1, 0.15) is 43.9 Å². The van der Waals surface area contributed by atoms with Crippen molar-refractivity contribution in [2.45, 2.75) is 51.3 Å². The Morgan fingerprint density at radius 3 is 2.95 bits per heavy atom. The predicted molar refractivity (Wildman–Crippen MR) is 76.1 cm³/mol. The van der Waals surface area contributed by atoms with E-state index in [1.165, 1.54) is 30.4 Å². The van der Waals surface area contributed by atoms with Gasteiger partial charge in [-0.3, -0.25) is 0 Å². The van der Waals surface area contributed by atoms with Gasteiger partial charge in [0.05, 0.1) is 6.10 Å². The van der Waals surface area contributed by atoms with Gasteiger partial charge in [0.2, 0.25) is 0 Å². The molecule has 102 valence electrons. The highest BCUT2D eigenvalue weighted by Gasteiger charge is 2.59. The molecule has 4 rings (SSSR count). The van der Waals surface area contributed by atoms with E-state index < -0.39 is 0 Å². The molecular formula is C17H23NO. The number of fused-ring (bicyclic) bond motifs is 2. The molecule has 1 saturated heterocycles. The van der Waals surface area contributed by atoms with Crippen molar-refractivity contribution >= 4 is 0 Å². The lowest BCUT2D eigenvalue weighted by Crippen LogP contribution is -2.66. The van der Waals surface area contributed by atoms with Crippen molar-refractivity contribution in [2.75, 3.05) is 6.61 Å². The molecule has 0 amide bonds. The Bertz CT molecular complexity index is 496. The van der Waals surface area contributed by atoms with Crippen LogP contribution in [-0.2, 0) is 11.2 Å². The highest BCUT2D eigenvalue weighted by Crippen LogP contribution is 2.53. The van der Waals surface area contributed by atoms with Crippen LogP contribution in [0, 0.1) is 11.3 Å². The SMILES string of the molecule is CC1(C)C(NC2CCc3ccccc32)C2CCOC21. The topological polar surface area (TPSA) is 21.3 Å². The van der Waals surface area contributed by atoms with E-state index in [9.17, 15) is 0 Å². The number of benzene rings is 1. The lowest BCUT2D eigenvalue weighted by atomic mass is 9.57. The van der Waals surface area contributed by atoms with Gasteiger partial charge in [-0.1, -0.05) is 38.1 Å². The van der Waals surface area contributed by atoms with Crippen LogP contribution in [0.25, 0.3) is 0 Å². The monoisotopic (exact) mass is 257 g/mol. The van der Waals surface area contributed by atoms with Crippen LogP contribution in [0.3, 0.4) is 0 Å². The molecule has 2 fully saturated rings. The smallest absolute Gasteiger partial charge is 0.0685 e. The number of hydrogen-bond acceptors (Lipinski definition) is 2. The summed E-state index contributed by atoms with van der Waals surface area (Å²) < 4.78 is 5.89. The molecule has 3 aliphatic rings. The Hall–Kier alpha value is -0.860. The van der Waals surface area contributed by atoms with E-state index in [4.69, 9.17) is 4.74 Å². The van der Waals surface area contributed by atoms with E-state index in [1.807, 2.05) is 0 Å². The third-order valence-corrected chi connectivity index (χ3v) is 5.61. The Labute approximate surface area is 115 Å². The normalized spacial score (nSPS) is 38.6. The minimum Gasteiger partial charge on any atom is -0.377 e. The van der Waals surface area contributed by atoms with Crippen molar-refractivity contribution in [2.24, 2.45) is 11.3 Å². The van der Waals surface area contributed by atoms with Crippen LogP contribution < -0.4 is 5.32 Å². The lowest BCUT2D eigenvalue weighted by molar-refractivity contribution is -0.115. The average molecular weight is 257 g/mol. The molecular weight excluding hydrogens is 234 g/mol. The molecule has 4 atom stereocenters. The van der Waals surface area contributed by atoms with Gasteiger partial charge < -0.3 is 10.1 Å². The first-order valence-electron chi connectivity index (χ1n) is 7.63. The summed E-state index contributed by atoms with van der Waals surface area (Å²) in [5, 5.41) is 3.95. The van der Waals surface area contributed by atoms with Crippen molar-refractivity contribution in [1.82, 2.24) is 5.32 Å².